The first-order chi connectivity index (χ1) is 12.0. The largest absolute Gasteiger partial charge is 0.490 e. The molecule has 8 nitrogen and oxygen atoms in total. The lowest BCUT2D eigenvalue weighted by Gasteiger charge is -2.42. The molecule has 144 valence electrons. The van der Waals surface area contributed by atoms with Gasteiger partial charge in [-0.2, -0.15) is 0 Å². The van der Waals surface area contributed by atoms with Gasteiger partial charge in [-0.1, -0.05) is 0 Å². The molecule has 0 saturated carbocycles. The van der Waals surface area contributed by atoms with Gasteiger partial charge in [-0.05, 0) is 26.8 Å². The van der Waals surface area contributed by atoms with E-state index >= 15 is 0 Å². The van der Waals surface area contributed by atoms with Crippen LogP contribution in [0.4, 0.5) is 10.5 Å². The number of carbonyl (C=O) groups is 1. The van der Waals surface area contributed by atoms with Crippen LogP contribution < -0.4 is 10.0 Å². The fourth-order valence-corrected chi connectivity index (χ4v) is 6.46. The van der Waals surface area contributed by atoms with Gasteiger partial charge in [0.15, 0.2) is 7.49 Å². The van der Waals surface area contributed by atoms with Gasteiger partial charge in [0.25, 0.3) is 0 Å². The summed E-state index contributed by atoms with van der Waals surface area (Å²) < 4.78 is 5.10. The zero-order valence-electron chi connectivity index (χ0n) is 15.5. The van der Waals surface area contributed by atoms with Crippen LogP contribution in [-0.4, -0.2) is 56.9 Å². The van der Waals surface area contributed by atoms with Gasteiger partial charge in [0.2, 0.25) is 5.75 Å². The maximum absolute atomic E-state index is 11.7. The van der Waals surface area contributed by atoms with E-state index in [9.17, 15) is 24.9 Å². The molecule has 0 atom stereocenters. The van der Waals surface area contributed by atoms with E-state index in [1.807, 2.05) is 20.8 Å². The third-order valence-electron chi connectivity index (χ3n) is 4.80. The van der Waals surface area contributed by atoms with Gasteiger partial charge in [-0.15, -0.1) is 0 Å². The van der Waals surface area contributed by atoms with Gasteiger partial charge in [0.05, 0.1) is 24.4 Å². The van der Waals surface area contributed by atoms with Crippen LogP contribution in [0.2, 0.25) is 0 Å². The van der Waals surface area contributed by atoms with Crippen molar-refractivity contribution in [2.75, 3.05) is 19.4 Å². The maximum Gasteiger partial charge on any atom is 0.407 e. The molecule has 2 N–H and O–H groups in total. The van der Waals surface area contributed by atoms with Crippen molar-refractivity contribution in [1.29, 1.82) is 0 Å². The number of nitro benzene ring substituents is 1. The lowest BCUT2D eigenvalue weighted by atomic mass is 10.0. The first kappa shape index (κ1) is 20.4. The van der Waals surface area contributed by atoms with Crippen molar-refractivity contribution >= 4 is 24.6 Å². The van der Waals surface area contributed by atoms with Crippen LogP contribution >= 0.6 is 7.49 Å². The molecule has 0 aliphatic carbocycles. The lowest BCUT2D eigenvalue weighted by molar-refractivity contribution is -0.385. The van der Waals surface area contributed by atoms with Crippen LogP contribution in [0, 0.1) is 10.1 Å². The summed E-state index contributed by atoms with van der Waals surface area (Å²) in [6.07, 6.45) is 1.14. The molecule has 1 aromatic carbocycles. The van der Waals surface area contributed by atoms with Crippen molar-refractivity contribution in [1.82, 2.24) is 4.90 Å². The number of nitrogens with zero attached hydrogens (tertiary/aromatic N) is 2. The van der Waals surface area contributed by atoms with Crippen LogP contribution in [0.15, 0.2) is 18.2 Å². The molecule has 1 amide bonds. The zero-order valence-corrected chi connectivity index (χ0v) is 16.4. The van der Waals surface area contributed by atoms with Crippen molar-refractivity contribution < 1.29 is 24.5 Å². The summed E-state index contributed by atoms with van der Waals surface area (Å²) >= 11 is 0. The Morgan fingerprint density at radius 3 is 2.35 bits per heavy atom. The first-order valence-corrected chi connectivity index (χ1v) is 10.6. The normalized spacial score (nSPS) is 23.3. The summed E-state index contributed by atoms with van der Waals surface area (Å²) in [7, 11) is -1.13. The van der Waals surface area contributed by atoms with E-state index in [0.29, 0.717) is 30.5 Å². The predicted molar refractivity (Wildman–Crippen MR) is 101 cm³/mol. The molecule has 9 heteroatoms. The third-order valence-corrected chi connectivity index (χ3v) is 8.03. The highest BCUT2D eigenvalue weighted by Crippen LogP contribution is 2.58. The van der Waals surface area contributed by atoms with E-state index in [1.54, 1.807) is 12.1 Å². The number of ether oxygens (including phenoxy) is 1. The van der Waals surface area contributed by atoms with Crippen LogP contribution in [0.25, 0.3) is 0 Å². The predicted octanol–water partition coefficient (Wildman–Crippen LogP) is 3.09. The van der Waals surface area contributed by atoms with Gasteiger partial charge in [-0.25, -0.2) is 9.69 Å². The van der Waals surface area contributed by atoms with Crippen molar-refractivity contribution in [2.24, 2.45) is 0 Å². The zero-order chi connectivity index (χ0) is 19.7. The van der Waals surface area contributed by atoms with E-state index in [0.717, 1.165) is 0 Å². The Balaban J connectivity index is 2.22. The van der Waals surface area contributed by atoms with Crippen molar-refractivity contribution in [3.63, 3.8) is 0 Å². The van der Waals surface area contributed by atoms with Crippen molar-refractivity contribution in [3.05, 3.63) is 28.3 Å². The summed E-state index contributed by atoms with van der Waals surface area (Å²) in [5, 5.41) is 21.2. The van der Waals surface area contributed by atoms with Gasteiger partial charge in [0, 0.05) is 36.6 Å². The van der Waals surface area contributed by atoms with Crippen molar-refractivity contribution in [2.45, 2.75) is 45.2 Å². The smallest absolute Gasteiger partial charge is 0.407 e. The third kappa shape index (κ3) is 4.07. The fraction of sp³-hybridized carbons (Fsp3) is 0.588. The topological polar surface area (TPSA) is 113 Å². The minimum Gasteiger partial charge on any atom is -0.490 e. The number of nitro groups is 1. The highest BCUT2D eigenvalue weighted by molar-refractivity contribution is 7.77. The number of benzene rings is 1. The fourth-order valence-electron chi connectivity index (χ4n) is 3.56. The summed E-state index contributed by atoms with van der Waals surface area (Å²) in [4.78, 5) is 34.8. The second-order valence-corrected chi connectivity index (χ2v) is 10.8. The number of hydrogen-bond donors (Lipinski definition) is 2. The summed E-state index contributed by atoms with van der Waals surface area (Å²) in [6.45, 7) is 5.58. The molecule has 0 bridgehead atoms. The average molecular weight is 385 g/mol. The van der Waals surface area contributed by atoms with Crippen LogP contribution in [-0.2, 0) is 0 Å². The molecule has 1 aliphatic heterocycles. The maximum atomic E-state index is 11.7. The van der Waals surface area contributed by atoms with Crippen LogP contribution in [0.1, 0.15) is 33.6 Å². The summed E-state index contributed by atoms with van der Waals surface area (Å²) in [5.74, 6) is 0.130. The van der Waals surface area contributed by atoms with E-state index in [-0.39, 0.29) is 17.5 Å². The number of hydrogen-bond acceptors (Lipinski definition) is 5. The minimum absolute atomic E-state index is 0.130. The van der Waals surface area contributed by atoms with E-state index in [2.05, 4.69) is 0 Å². The van der Waals surface area contributed by atoms with Gasteiger partial charge < -0.3 is 14.7 Å². The van der Waals surface area contributed by atoms with Gasteiger partial charge >= 0.3 is 11.8 Å². The molecule has 0 radical (unpaired) electrons. The molecule has 1 fully saturated rings. The molecule has 1 heterocycles. The van der Waals surface area contributed by atoms with Crippen LogP contribution in [0.3, 0.4) is 0 Å². The molecular formula is C17H26N2O6P+. The standard InChI is InChI=1S/C17H25N2O6P/c1-17(2,3)18(16(20)21)12-7-9-26(24,10-8-12)13-5-6-14(19(22)23)15(11-13)25-4/h5-6,11-12,24H,7-10H2,1-4H3/p+1. The van der Waals surface area contributed by atoms with Gasteiger partial charge in [-0.3, -0.25) is 10.1 Å². The second kappa shape index (κ2) is 7.37. The van der Waals surface area contributed by atoms with Gasteiger partial charge in [0.1, 0.15) is 5.30 Å². The number of amides is 1. The first-order valence-electron chi connectivity index (χ1n) is 8.44. The molecule has 2 rings (SSSR count). The molecular weight excluding hydrogens is 359 g/mol. The van der Waals surface area contributed by atoms with Crippen molar-refractivity contribution in [3.8, 4) is 5.75 Å². The van der Waals surface area contributed by atoms with E-state index in [1.165, 1.54) is 18.1 Å². The molecule has 1 aromatic rings. The highest BCUT2D eigenvalue weighted by Gasteiger charge is 2.47. The lowest BCUT2D eigenvalue weighted by Crippen LogP contribution is -2.53. The van der Waals surface area contributed by atoms with Crippen LogP contribution in [0.5, 0.6) is 5.75 Å². The molecule has 0 aromatic heterocycles. The molecule has 26 heavy (non-hydrogen) atoms. The number of methoxy groups -OCH3 is 1. The second-order valence-electron chi connectivity index (χ2n) is 7.54. The Bertz CT molecular complexity index is 695. The molecule has 0 unspecified atom stereocenters. The van der Waals surface area contributed by atoms with E-state index < -0.39 is 24.0 Å². The average Bonchev–Trinajstić information content (AvgIpc) is 2.54. The Labute approximate surface area is 153 Å². The minimum atomic E-state index is -2.49. The SMILES string of the molecule is COc1cc([P+]2(O)CCC(N(C(=O)O)C(C)(C)C)CC2)ccc1[N+](=O)[O-]. The van der Waals surface area contributed by atoms with E-state index in [4.69, 9.17) is 4.74 Å². The molecule has 1 saturated heterocycles. The quantitative estimate of drug-likeness (QED) is 0.468. The Kier molecular flexibility index (Phi) is 5.78. The Morgan fingerprint density at radius 1 is 1.35 bits per heavy atom. The molecule has 1 aliphatic rings. The summed E-state index contributed by atoms with van der Waals surface area (Å²) in [5.41, 5.74) is -0.649. The number of rotatable bonds is 4. The highest BCUT2D eigenvalue weighted by atomic mass is 31.2. The Morgan fingerprint density at radius 2 is 1.92 bits per heavy atom. The molecule has 0 spiro atoms. The monoisotopic (exact) mass is 385 g/mol. The Hall–Kier alpha value is -1.92. The number of carboxylic acid groups (broad SMARTS) is 1. The summed E-state index contributed by atoms with van der Waals surface area (Å²) in [6, 6.07) is 4.35.